The van der Waals surface area contributed by atoms with Crippen molar-refractivity contribution in [3.05, 3.63) is 24.3 Å². The number of nitrogens with one attached hydrogen (secondary N) is 2. The first-order valence-electron chi connectivity index (χ1n) is 8.99. The minimum atomic E-state index is -2.89. The molecule has 1 aromatic carbocycles. The first-order chi connectivity index (χ1) is 13.0. The van der Waals surface area contributed by atoms with E-state index in [1.165, 1.54) is 12.1 Å². The summed E-state index contributed by atoms with van der Waals surface area (Å²) >= 11 is 1.82. The second kappa shape index (κ2) is 10.8. The molecule has 0 aromatic heterocycles. The van der Waals surface area contributed by atoms with Crippen molar-refractivity contribution in [2.24, 2.45) is 0 Å². The molecule has 2 N–H and O–H groups in total. The van der Waals surface area contributed by atoms with Gasteiger partial charge in [0.25, 0.3) is 0 Å². The third-order valence-corrected chi connectivity index (χ3v) is 5.71. The van der Waals surface area contributed by atoms with E-state index in [0.717, 1.165) is 24.5 Å². The molecule has 2 atom stereocenters. The van der Waals surface area contributed by atoms with Crippen molar-refractivity contribution >= 4 is 41.7 Å². The Morgan fingerprint density at radius 2 is 2.11 bits per heavy atom. The average molecular weight is 436 g/mol. The van der Waals surface area contributed by atoms with Gasteiger partial charge in [0.15, 0.2) is 0 Å². The summed E-state index contributed by atoms with van der Waals surface area (Å²) in [5, 5.41) is 6.16. The zero-order valence-electron chi connectivity index (χ0n) is 15.2. The van der Waals surface area contributed by atoms with Crippen LogP contribution in [0.3, 0.4) is 0 Å². The number of rotatable bonds is 6. The van der Waals surface area contributed by atoms with Crippen LogP contribution >= 0.6 is 24.2 Å². The quantitative estimate of drug-likeness (QED) is 0.718. The van der Waals surface area contributed by atoms with Gasteiger partial charge in [0.1, 0.15) is 11.8 Å². The standard InChI is InChI=1S/C18H23F2N3O3S.ClH/c19-18(20)26-14-5-3-13(4-6-14)23-8-1-2-15(17(23)25)22-16(24)10-12-11-27-9-7-21-12;/h3-6,12,15,18,21H,1-2,7-11H2,(H,22,24);1H. The largest absolute Gasteiger partial charge is 0.435 e. The van der Waals surface area contributed by atoms with Crippen LogP contribution in [0.4, 0.5) is 14.5 Å². The fraction of sp³-hybridized carbons (Fsp3) is 0.556. The molecule has 6 nitrogen and oxygen atoms in total. The number of carbonyl (C=O) groups excluding carboxylic acids is 2. The molecular formula is C18H24ClF2N3O3S. The van der Waals surface area contributed by atoms with E-state index in [0.29, 0.717) is 25.1 Å². The van der Waals surface area contributed by atoms with E-state index in [9.17, 15) is 18.4 Å². The number of ether oxygens (including phenoxy) is 1. The SMILES string of the molecule is Cl.O=C(CC1CSCCN1)NC1CCCN(c2ccc(OC(F)F)cc2)C1=O. The van der Waals surface area contributed by atoms with E-state index >= 15 is 0 Å². The predicted octanol–water partition coefficient (Wildman–Crippen LogP) is 2.42. The highest BCUT2D eigenvalue weighted by Crippen LogP contribution is 2.24. The molecule has 0 radical (unpaired) electrons. The smallest absolute Gasteiger partial charge is 0.387 e. The zero-order valence-corrected chi connectivity index (χ0v) is 16.9. The number of thioether (sulfide) groups is 1. The molecule has 28 heavy (non-hydrogen) atoms. The Morgan fingerprint density at radius 1 is 1.36 bits per heavy atom. The maximum atomic E-state index is 12.8. The number of benzene rings is 1. The molecule has 2 unspecified atom stereocenters. The summed E-state index contributed by atoms with van der Waals surface area (Å²) in [7, 11) is 0. The molecule has 3 rings (SSSR count). The zero-order chi connectivity index (χ0) is 19.2. The van der Waals surface area contributed by atoms with Crippen LogP contribution in [0.1, 0.15) is 19.3 Å². The van der Waals surface area contributed by atoms with Crippen LogP contribution in [0.25, 0.3) is 0 Å². The summed E-state index contributed by atoms with van der Waals surface area (Å²) in [5.74, 6) is 1.68. The van der Waals surface area contributed by atoms with Gasteiger partial charge in [0, 0.05) is 42.7 Å². The lowest BCUT2D eigenvalue weighted by molar-refractivity contribution is -0.128. The third-order valence-electron chi connectivity index (χ3n) is 4.58. The van der Waals surface area contributed by atoms with Crippen LogP contribution in [-0.4, -0.2) is 55.1 Å². The molecule has 1 aromatic rings. The van der Waals surface area contributed by atoms with Gasteiger partial charge in [-0.05, 0) is 37.1 Å². The van der Waals surface area contributed by atoms with Crippen molar-refractivity contribution in [3.63, 3.8) is 0 Å². The van der Waals surface area contributed by atoms with Gasteiger partial charge >= 0.3 is 6.61 Å². The monoisotopic (exact) mass is 435 g/mol. The molecule has 2 fully saturated rings. The minimum absolute atomic E-state index is 0. The van der Waals surface area contributed by atoms with Crippen molar-refractivity contribution in [2.75, 3.05) is 29.5 Å². The lowest BCUT2D eigenvalue weighted by Crippen LogP contribution is -2.53. The van der Waals surface area contributed by atoms with Crippen LogP contribution in [0.5, 0.6) is 5.75 Å². The summed E-state index contributed by atoms with van der Waals surface area (Å²) in [6, 6.07) is 5.54. The molecule has 0 bridgehead atoms. The van der Waals surface area contributed by atoms with Crippen LogP contribution in [0.2, 0.25) is 0 Å². The number of carbonyl (C=O) groups is 2. The molecule has 2 amide bonds. The number of halogens is 3. The number of amides is 2. The highest BCUT2D eigenvalue weighted by Gasteiger charge is 2.31. The maximum absolute atomic E-state index is 12.8. The highest BCUT2D eigenvalue weighted by atomic mass is 35.5. The van der Waals surface area contributed by atoms with E-state index in [1.54, 1.807) is 17.0 Å². The number of hydrogen-bond donors (Lipinski definition) is 2. The Hall–Kier alpha value is -1.58. The van der Waals surface area contributed by atoms with Crippen LogP contribution in [0, 0.1) is 0 Å². The Balaban J connectivity index is 0.00000280. The van der Waals surface area contributed by atoms with Gasteiger partial charge < -0.3 is 20.3 Å². The lowest BCUT2D eigenvalue weighted by atomic mass is 10.0. The summed E-state index contributed by atoms with van der Waals surface area (Å²) in [5.41, 5.74) is 0.603. The van der Waals surface area contributed by atoms with Gasteiger partial charge in [0.2, 0.25) is 11.8 Å². The fourth-order valence-corrected chi connectivity index (χ4v) is 4.25. The Bertz CT molecular complexity index is 660. The van der Waals surface area contributed by atoms with Gasteiger partial charge in [-0.2, -0.15) is 20.5 Å². The molecule has 156 valence electrons. The first kappa shape index (κ1) is 22.7. The predicted molar refractivity (Wildman–Crippen MR) is 108 cm³/mol. The summed E-state index contributed by atoms with van der Waals surface area (Å²) in [6.07, 6.45) is 1.71. The molecule has 0 saturated carbocycles. The minimum Gasteiger partial charge on any atom is -0.435 e. The first-order valence-corrected chi connectivity index (χ1v) is 10.1. The number of alkyl halides is 2. The molecule has 10 heteroatoms. The summed E-state index contributed by atoms with van der Waals surface area (Å²) < 4.78 is 28.8. The van der Waals surface area contributed by atoms with Crippen LogP contribution in [-0.2, 0) is 9.59 Å². The van der Waals surface area contributed by atoms with E-state index < -0.39 is 12.7 Å². The van der Waals surface area contributed by atoms with Gasteiger partial charge in [-0.1, -0.05) is 0 Å². The molecule has 2 aliphatic rings. The number of hydrogen-bond acceptors (Lipinski definition) is 5. The topological polar surface area (TPSA) is 70.7 Å². The summed E-state index contributed by atoms with van der Waals surface area (Å²) in [6.45, 7) is -1.46. The molecule has 2 heterocycles. The van der Waals surface area contributed by atoms with Crippen molar-refractivity contribution in [3.8, 4) is 5.75 Å². The number of nitrogens with zero attached hydrogens (tertiary/aromatic N) is 1. The second-order valence-corrected chi connectivity index (χ2v) is 7.70. The molecular weight excluding hydrogens is 412 g/mol. The average Bonchev–Trinajstić information content (AvgIpc) is 2.65. The molecule has 0 aliphatic carbocycles. The van der Waals surface area contributed by atoms with Crippen molar-refractivity contribution in [2.45, 2.75) is 38.0 Å². The second-order valence-electron chi connectivity index (χ2n) is 6.55. The lowest BCUT2D eigenvalue weighted by Gasteiger charge is -2.33. The maximum Gasteiger partial charge on any atom is 0.387 e. The van der Waals surface area contributed by atoms with E-state index in [1.807, 2.05) is 11.8 Å². The molecule has 0 spiro atoms. The normalized spacial score (nSPS) is 22.5. The van der Waals surface area contributed by atoms with Crippen molar-refractivity contribution in [1.29, 1.82) is 0 Å². The number of anilines is 1. The van der Waals surface area contributed by atoms with Crippen LogP contribution < -0.4 is 20.3 Å². The van der Waals surface area contributed by atoms with Gasteiger partial charge in [-0.15, -0.1) is 12.4 Å². The van der Waals surface area contributed by atoms with Gasteiger partial charge in [-0.25, -0.2) is 0 Å². The van der Waals surface area contributed by atoms with Crippen LogP contribution in [0.15, 0.2) is 24.3 Å². The molecule has 2 saturated heterocycles. The number of piperidine rings is 1. The van der Waals surface area contributed by atoms with Crippen molar-refractivity contribution in [1.82, 2.24) is 10.6 Å². The van der Waals surface area contributed by atoms with E-state index in [-0.39, 0.29) is 36.0 Å². The van der Waals surface area contributed by atoms with E-state index in [2.05, 4.69) is 15.4 Å². The molecule has 2 aliphatic heterocycles. The third kappa shape index (κ3) is 6.22. The fourth-order valence-electron chi connectivity index (χ4n) is 3.30. The van der Waals surface area contributed by atoms with Crippen molar-refractivity contribution < 1.29 is 23.1 Å². The van der Waals surface area contributed by atoms with Gasteiger partial charge in [-0.3, -0.25) is 9.59 Å². The Labute approximate surface area is 173 Å². The Kier molecular flexibility index (Phi) is 8.78. The van der Waals surface area contributed by atoms with E-state index in [4.69, 9.17) is 0 Å². The van der Waals surface area contributed by atoms with Gasteiger partial charge in [0.05, 0.1) is 0 Å². The highest BCUT2D eigenvalue weighted by molar-refractivity contribution is 7.99. The Morgan fingerprint density at radius 3 is 2.75 bits per heavy atom. The summed E-state index contributed by atoms with van der Waals surface area (Å²) in [4.78, 5) is 26.6.